The molecule has 2 nitrogen and oxygen atoms in total. The molecule has 0 spiro atoms. The standard InChI is InChI=1S/C12H20ClNOS/c1-3-7-15-8-5-11(14-4-2)12-10(13)6-9-16-12/h6,9,11,14H,3-5,7-8H2,1-2H3. The van der Waals surface area contributed by atoms with E-state index in [1.807, 2.05) is 11.4 Å². The highest BCUT2D eigenvalue weighted by molar-refractivity contribution is 7.10. The molecule has 0 radical (unpaired) electrons. The van der Waals surface area contributed by atoms with Gasteiger partial charge in [-0.1, -0.05) is 25.4 Å². The largest absolute Gasteiger partial charge is 0.381 e. The molecule has 1 N–H and O–H groups in total. The first-order chi connectivity index (χ1) is 7.79. The minimum Gasteiger partial charge on any atom is -0.381 e. The highest BCUT2D eigenvalue weighted by atomic mass is 35.5. The van der Waals surface area contributed by atoms with E-state index in [1.165, 1.54) is 4.88 Å². The first kappa shape index (κ1) is 14.0. The summed E-state index contributed by atoms with van der Waals surface area (Å²) in [6.07, 6.45) is 2.06. The molecule has 0 aliphatic carbocycles. The third-order valence-electron chi connectivity index (χ3n) is 2.31. The molecule has 0 aliphatic heterocycles. The van der Waals surface area contributed by atoms with Crippen LogP contribution < -0.4 is 5.32 Å². The van der Waals surface area contributed by atoms with Crippen LogP contribution >= 0.6 is 22.9 Å². The number of nitrogens with one attached hydrogen (secondary N) is 1. The molecule has 1 aromatic heterocycles. The summed E-state index contributed by atoms with van der Waals surface area (Å²) in [4.78, 5) is 1.23. The third-order valence-corrected chi connectivity index (χ3v) is 3.78. The molecule has 0 amide bonds. The van der Waals surface area contributed by atoms with Crippen molar-refractivity contribution in [3.63, 3.8) is 0 Å². The smallest absolute Gasteiger partial charge is 0.0561 e. The summed E-state index contributed by atoms with van der Waals surface area (Å²) in [5, 5.41) is 6.35. The molecule has 0 saturated carbocycles. The Morgan fingerprint density at radius 1 is 1.44 bits per heavy atom. The molecule has 1 atom stereocenters. The summed E-state index contributed by atoms with van der Waals surface area (Å²) in [6, 6.07) is 2.29. The van der Waals surface area contributed by atoms with Crippen LogP contribution in [0, 0.1) is 0 Å². The second-order valence-corrected chi connectivity index (χ2v) is 5.00. The second-order valence-electron chi connectivity index (χ2n) is 3.64. The van der Waals surface area contributed by atoms with Crippen LogP contribution in [0.1, 0.15) is 37.6 Å². The number of hydrogen-bond donors (Lipinski definition) is 1. The molecule has 0 saturated heterocycles. The minimum absolute atomic E-state index is 0.328. The Hall–Kier alpha value is -0.0900. The Labute approximate surface area is 107 Å². The van der Waals surface area contributed by atoms with Crippen molar-refractivity contribution >= 4 is 22.9 Å². The number of halogens is 1. The molecule has 0 aliphatic rings. The zero-order valence-electron chi connectivity index (χ0n) is 9.96. The van der Waals surface area contributed by atoms with Crippen molar-refractivity contribution in [2.75, 3.05) is 19.8 Å². The van der Waals surface area contributed by atoms with Crippen LogP contribution in [0.15, 0.2) is 11.4 Å². The van der Waals surface area contributed by atoms with E-state index < -0.39 is 0 Å². The SMILES string of the molecule is CCCOCCC(NCC)c1sccc1Cl. The van der Waals surface area contributed by atoms with Gasteiger partial charge < -0.3 is 10.1 Å². The van der Waals surface area contributed by atoms with E-state index in [1.54, 1.807) is 11.3 Å². The number of thiophene rings is 1. The fourth-order valence-electron chi connectivity index (χ4n) is 1.57. The van der Waals surface area contributed by atoms with Crippen LogP contribution in [0.3, 0.4) is 0 Å². The fourth-order valence-corrected chi connectivity index (χ4v) is 2.87. The average molecular weight is 262 g/mol. The lowest BCUT2D eigenvalue weighted by Gasteiger charge is -2.17. The Morgan fingerprint density at radius 2 is 2.25 bits per heavy atom. The first-order valence-electron chi connectivity index (χ1n) is 5.83. The molecular formula is C12H20ClNOS. The Balaban J connectivity index is 2.45. The van der Waals surface area contributed by atoms with Crippen molar-refractivity contribution in [1.82, 2.24) is 5.32 Å². The summed E-state index contributed by atoms with van der Waals surface area (Å²) in [7, 11) is 0. The molecule has 1 unspecified atom stereocenters. The lowest BCUT2D eigenvalue weighted by atomic mass is 10.2. The molecule has 4 heteroatoms. The van der Waals surface area contributed by atoms with E-state index in [0.29, 0.717) is 6.04 Å². The maximum Gasteiger partial charge on any atom is 0.0561 e. The third kappa shape index (κ3) is 4.42. The Morgan fingerprint density at radius 3 is 2.81 bits per heavy atom. The zero-order chi connectivity index (χ0) is 11.8. The number of ether oxygens (including phenoxy) is 1. The van der Waals surface area contributed by atoms with E-state index in [4.69, 9.17) is 16.3 Å². The average Bonchev–Trinajstić information content (AvgIpc) is 2.69. The van der Waals surface area contributed by atoms with Crippen molar-refractivity contribution < 1.29 is 4.74 Å². The van der Waals surface area contributed by atoms with Gasteiger partial charge in [0.05, 0.1) is 5.02 Å². The molecule has 0 fully saturated rings. The van der Waals surface area contributed by atoms with Crippen LogP contribution in [0.2, 0.25) is 5.02 Å². The van der Waals surface area contributed by atoms with Gasteiger partial charge in [0.2, 0.25) is 0 Å². The maximum absolute atomic E-state index is 6.14. The summed E-state index contributed by atoms with van der Waals surface area (Å²) in [5.41, 5.74) is 0. The molecule has 1 rings (SSSR count). The lowest BCUT2D eigenvalue weighted by molar-refractivity contribution is 0.125. The quantitative estimate of drug-likeness (QED) is 0.718. The van der Waals surface area contributed by atoms with Crippen molar-refractivity contribution in [1.29, 1.82) is 0 Å². The highest BCUT2D eigenvalue weighted by Gasteiger charge is 2.14. The van der Waals surface area contributed by atoms with Crippen LogP contribution in [0.4, 0.5) is 0 Å². The van der Waals surface area contributed by atoms with Crippen molar-refractivity contribution in [3.8, 4) is 0 Å². The summed E-state index contributed by atoms with van der Waals surface area (Å²) in [5.74, 6) is 0. The molecule has 1 aromatic rings. The Bertz CT molecular complexity index is 290. The topological polar surface area (TPSA) is 21.3 Å². The zero-order valence-corrected chi connectivity index (χ0v) is 11.5. The molecule has 92 valence electrons. The monoisotopic (exact) mass is 261 g/mol. The van der Waals surface area contributed by atoms with Gasteiger partial charge in [-0.05, 0) is 30.8 Å². The number of hydrogen-bond acceptors (Lipinski definition) is 3. The van der Waals surface area contributed by atoms with Crippen molar-refractivity contribution in [3.05, 3.63) is 21.3 Å². The van der Waals surface area contributed by atoms with Crippen molar-refractivity contribution in [2.24, 2.45) is 0 Å². The second kappa shape index (κ2) is 8.07. The van der Waals surface area contributed by atoms with Gasteiger partial charge in [-0.2, -0.15) is 0 Å². The normalized spacial score (nSPS) is 12.9. The maximum atomic E-state index is 6.14. The van der Waals surface area contributed by atoms with Gasteiger partial charge in [-0.3, -0.25) is 0 Å². The first-order valence-corrected chi connectivity index (χ1v) is 7.09. The van der Waals surface area contributed by atoms with E-state index >= 15 is 0 Å². The van der Waals surface area contributed by atoms with Gasteiger partial charge >= 0.3 is 0 Å². The van der Waals surface area contributed by atoms with Crippen LogP contribution in [-0.2, 0) is 4.74 Å². The molecule has 0 bridgehead atoms. The van der Waals surface area contributed by atoms with Gasteiger partial charge in [-0.25, -0.2) is 0 Å². The minimum atomic E-state index is 0.328. The van der Waals surface area contributed by atoms with Gasteiger partial charge in [0.15, 0.2) is 0 Å². The van der Waals surface area contributed by atoms with Crippen molar-refractivity contribution in [2.45, 2.75) is 32.7 Å². The van der Waals surface area contributed by atoms with Crippen LogP contribution in [0.25, 0.3) is 0 Å². The van der Waals surface area contributed by atoms with Gasteiger partial charge in [0.1, 0.15) is 0 Å². The van der Waals surface area contributed by atoms with Gasteiger partial charge in [-0.15, -0.1) is 11.3 Å². The lowest BCUT2D eigenvalue weighted by Crippen LogP contribution is -2.21. The van der Waals surface area contributed by atoms with E-state index in [0.717, 1.165) is 37.6 Å². The molecule has 1 heterocycles. The summed E-state index contributed by atoms with van der Waals surface area (Å²) >= 11 is 7.85. The highest BCUT2D eigenvalue weighted by Crippen LogP contribution is 2.30. The predicted octanol–water partition coefficient (Wildman–Crippen LogP) is 3.87. The van der Waals surface area contributed by atoms with Gasteiger partial charge in [0, 0.05) is 24.1 Å². The van der Waals surface area contributed by atoms with E-state index in [9.17, 15) is 0 Å². The number of rotatable bonds is 8. The molecular weight excluding hydrogens is 242 g/mol. The van der Waals surface area contributed by atoms with Crippen LogP contribution in [-0.4, -0.2) is 19.8 Å². The summed E-state index contributed by atoms with van der Waals surface area (Å²) in [6.45, 7) is 6.82. The molecule has 16 heavy (non-hydrogen) atoms. The van der Waals surface area contributed by atoms with E-state index in [2.05, 4.69) is 19.2 Å². The van der Waals surface area contributed by atoms with Crippen LogP contribution in [0.5, 0.6) is 0 Å². The van der Waals surface area contributed by atoms with E-state index in [-0.39, 0.29) is 0 Å². The fraction of sp³-hybridized carbons (Fsp3) is 0.667. The predicted molar refractivity (Wildman–Crippen MR) is 71.5 cm³/mol. The summed E-state index contributed by atoms with van der Waals surface area (Å²) < 4.78 is 5.52. The van der Waals surface area contributed by atoms with Gasteiger partial charge in [0.25, 0.3) is 0 Å². The molecule has 0 aromatic carbocycles. The Kier molecular flexibility index (Phi) is 7.05.